The minimum atomic E-state index is 0.288. The fraction of sp³-hybridized carbons (Fsp3) is 0.762. The maximum Gasteiger partial charge on any atom is 0.222 e. The van der Waals surface area contributed by atoms with Crippen LogP contribution in [0.1, 0.15) is 63.4 Å². The molecule has 0 bridgehead atoms. The van der Waals surface area contributed by atoms with Crippen LogP contribution in [-0.4, -0.2) is 51.9 Å². The van der Waals surface area contributed by atoms with Crippen LogP contribution in [0.5, 0.6) is 0 Å². The summed E-state index contributed by atoms with van der Waals surface area (Å²) in [7, 11) is 0. The van der Waals surface area contributed by atoms with E-state index in [0.717, 1.165) is 63.5 Å². The Morgan fingerprint density at radius 2 is 1.89 bits per heavy atom. The van der Waals surface area contributed by atoms with Crippen molar-refractivity contribution in [1.82, 2.24) is 19.8 Å². The van der Waals surface area contributed by atoms with Gasteiger partial charge in [-0.25, -0.2) is 9.97 Å². The summed E-state index contributed by atoms with van der Waals surface area (Å²) in [4.78, 5) is 25.6. The lowest BCUT2D eigenvalue weighted by Gasteiger charge is -2.40. The zero-order valence-electron chi connectivity index (χ0n) is 16.4. The molecule has 0 aromatic carbocycles. The summed E-state index contributed by atoms with van der Waals surface area (Å²) < 4.78 is 0. The maximum absolute atomic E-state index is 12.8. The SMILES string of the molecule is Nc1ncc(CN2CC[C@@]3(CCCN(C(=O)CCC4CCCC4)C3)C2)cn1. The molecule has 0 unspecified atom stereocenters. The third-order valence-electron chi connectivity index (χ3n) is 6.90. The molecule has 6 nitrogen and oxygen atoms in total. The lowest BCUT2D eigenvalue weighted by molar-refractivity contribution is -0.134. The first-order valence-electron chi connectivity index (χ1n) is 10.7. The van der Waals surface area contributed by atoms with E-state index < -0.39 is 0 Å². The molecule has 2 N–H and O–H groups in total. The first-order valence-corrected chi connectivity index (χ1v) is 10.7. The van der Waals surface area contributed by atoms with Crippen LogP contribution in [0.4, 0.5) is 5.95 Å². The Hall–Kier alpha value is -1.69. The molecule has 27 heavy (non-hydrogen) atoms. The zero-order chi connectivity index (χ0) is 18.7. The second kappa shape index (κ2) is 8.13. The average Bonchev–Trinajstić information content (AvgIpc) is 3.32. The minimum absolute atomic E-state index is 0.288. The summed E-state index contributed by atoms with van der Waals surface area (Å²) in [6, 6.07) is 0. The number of nitrogens with two attached hydrogens (primary N) is 1. The molecule has 1 amide bonds. The molecule has 6 heteroatoms. The van der Waals surface area contributed by atoms with Gasteiger partial charge in [0.15, 0.2) is 0 Å². The highest BCUT2D eigenvalue weighted by atomic mass is 16.2. The Balaban J connectivity index is 1.29. The highest BCUT2D eigenvalue weighted by Gasteiger charge is 2.42. The lowest BCUT2D eigenvalue weighted by atomic mass is 9.79. The van der Waals surface area contributed by atoms with Crippen LogP contribution in [0.15, 0.2) is 12.4 Å². The van der Waals surface area contributed by atoms with Crippen molar-refractivity contribution in [2.45, 2.75) is 64.3 Å². The highest BCUT2D eigenvalue weighted by molar-refractivity contribution is 5.76. The number of amides is 1. The van der Waals surface area contributed by atoms with Crippen molar-refractivity contribution in [2.75, 3.05) is 31.9 Å². The predicted octanol–water partition coefficient (Wildman–Crippen LogP) is 2.84. The van der Waals surface area contributed by atoms with Crippen LogP contribution in [0.2, 0.25) is 0 Å². The number of hydrogen-bond acceptors (Lipinski definition) is 5. The van der Waals surface area contributed by atoms with Gasteiger partial charge in [0.05, 0.1) is 0 Å². The number of anilines is 1. The number of hydrogen-bond donors (Lipinski definition) is 1. The Morgan fingerprint density at radius 3 is 2.67 bits per heavy atom. The molecule has 1 aromatic heterocycles. The molecule has 1 aliphatic carbocycles. The quantitative estimate of drug-likeness (QED) is 0.861. The van der Waals surface area contributed by atoms with Crippen LogP contribution in [0.3, 0.4) is 0 Å². The van der Waals surface area contributed by atoms with Gasteiger partial charge in [0.2, 0.25) is 11.9 Å². The van der Waals surface area contributed by atoms with E-state index >= 15 is 0 Å². The fourth-order valence-electron chi connectivity index (χ4n) is 5.41. The number of aromatic nitrogens is 2. The fourth-order valence-corrected chi connectivity index (χ4v) is 5.41. The molecule has 0 radical (unpaired) electrons. The van der Waals surface area contributed by atoms with Crippen molar-refractivity contribution >= 4 is 11.9 Å². The van der Waals surface area contributed by atoms with Gasteiger partial charge < -0.3 is 10.6 Å². The van der Waals surface area contributed by atoms with Gasteiger partial charge in [-0.3, -0.25) is 9.69 Å². The summed E-state index contributed by atoms with van der Waals surface area (Å²) >= 11 is 0. The summed E-state index contributed by atoms with van der Waals surface area (Å²) in [5.74, 6) is 1.53. The smallest absolute Gasteiger partial charge is 0.222 e. The number of rotatable bonds is 5. The molecule has 3 fully saturated rings. The standard InChI is InChI=1S/C21H33N5O/c22-20-23-12-18(13-24-20)14-25-11-9-21(15-25)8-3-10-26(16-21)19(27)7-6-17-4-1-2-5-17/h12-13,17H,1-11,14-16H2,(H2,22,23,24)/t21-/m0/s1. The van der Waals surface area contributed by atoms with Crippen LogP contribution < -0.4 is 5.73 Å². The third kappa shape index (κ3) is 4.60. The van der Waals surface area contributed by atoms with Gasteiger partial charge in [0, 0.05) is 56.0 Å². The average molecular weight is 372 g/mol. The molecule has 2 aliphatic heterocycles. The number of nitrogen functional groups attached to an aromatic ring is 1. The van der Waals surface area contributed by atoms with E-state index in [1.54, 1.807) is 0 Å². The minimum Gasteiger partial charge on any atom is -0.368 e. The van der Waals surface area contributed by atoms with Crippen LogP contribution in [0.25, 0.3) is 0 Å². The topological polar surface area (TPSA) is 75.3 Å². The largest absolute Gasteiger partial charge is 0.368 e. The normalized spacial score (nSPS) is 26.9. The Kier molecular flexibility index (Phi) is 5.62. The molecule has 4 rings (SSSR count). The van der Waals surface area contributed by atoms with Gasteiger partial charge in [-0.1, -0.05) is 25.7 Å². The van der Waals surface area contributed by atoms with Gasteiger partial charge in [-0.15, -0.1) is 0 Å². The van der Waals surface area contributed by atoms with Gasteiger partial charge in [0.1, 0.15) is 0 Å². The molecule has 1 saturated carbocycles. The van der Waals surface area contributed by atoms with Crippen molar-refractivity contribution in [1.29, 1.82) is 0 Å². The summed E-state index contributed by atoms with van der Waals surface area (Å²) in [5.41, 5.74) is 6.98. The van der Waals surface area contributed by atoms with Crippen molar-refractivity contribution < 1.29 is 4.79 Å². The van der Waals surface area contributed by atoms with Gasteiger partial charge in [0.25, 0.3) is 0 Å². The highest BCUT2D eigenvalue weighted by Crippen LogP contribution is 2.40. The first kappa shape index (κ1) is 18.7. The monoisotopic (exact) mass is 371 g/mol. The van der Waals surface area contributed by atoms with Crippen molar-refractivity contribution in [3.63, 3.8) is 0 Å². The van der Waals surface area contributed by atoms with E-state index in [9.17, 15) is 4.79 Å². The zero-order valence-corrected chi connectivity index (χ0v) is 16.4. The molecule has 1 atom stereocenters. The second-order valence-electron chi connectivity index (χ2n) is 9.02. The Morgan fingerprint density at radius 1 is 1.11 bits per heavy atom. The van der Waals surface area contributed by atoms with Crippen molar-refractivity contribution in [3.8, 4) is 0 Å². The van der Waals surface area contributed by atoms with E-state index in [2.05, 4.69) is 19.8 Å². The number of carbonyl (C=O) groups is 1. The summed E-state index contributed by atoms with van der Waals surface area (Å²) in [6.07, 6.45) is 14.5. The molecule has 1 aromatic rings. The van der Waals surface area contributed by atoms with Gasteiger partial charge in [-0.05, 0) is 38.1 Å². The number of carbonyl (C=O) groups excluding carboxylic acids is 1. The van der Waals surface area contributed by atoms with Crippen LogP contribution in [-0.2, 0) is 11.3 Å². The van der Waals surface area contributed by atoms with E-state index in [-0.39, 0.29) is 5.41 Å². The van der Waals surface area contributed by atoms with Crippen molar-refractivity contribution in [3.05, 3.63) is 18.0 Å². The van der Waals surface area contributed by atoms with Crippen LogP contribution >= 0.6 is 0 Å². The Labute approximate surface area is 162 Å². The molecule has 3 heterocycles. The van der Waals surface area contributed by atoms with Gasteiger partial charge >= 0.3 is 0 Å². The predicted molar refractivity (Wildman–Crippen MR) is 106 cm³/mol. The third-order valence-corrected chi connectivity index (χ3v) is 6.90. The van der Waals surface area contributed by atoms with E-state index in [1.807, 2.05) is 12.4 Å². The molecular formula is C21H33N5O. The van der Waals surface area contributed by atoms with Crippen LogP contribution in [0, 0.1) is 11.3 Å². The molecular weight excluding hydrogens is 338 g/mol. The number of nitrogens with zero attached hydrogens (tertiary/aromatic N) is 4. The second-order valence-corrected chi connectivity index (χ2v) is 9.02. The summed E-state index contributed by atoms with van der Waals surface area (Å²) in [6.45, 7) is 4.94. The number of likely N-dealkylation sites (tertiary alicyclic amines) is 2. The molecule has 3 aliphatic rings. The number of piperidine rings is 1. The van der Waals surface area contributed by atoms with E-state index in [0.29, 0.717) is 11.9 Å². The Bertz CT molecular complexity index is 642. The first-order chi connectivity index (χ1) is 13.1. The van der Waals surface area contributed by atoms with E-state index in [1.165, 1.54) is 38.5 Å². The molecule has 148 valence electrons. The molecule has 2 saturated heterocycles. The summed E-state index contributed by atoms with van der Waals surface area (Å²) in [5, 5.41) is 0. The maximum atomic E-state index is 12.8. The van der Waals surface area contributed by atoms with E-state index in [4.69, 9.17) is 5.73 Å². The lowest BCUT2D eigenvalue weighted by Crippen LogP contribution is -2.47. The molecule has 1 spiro atoms. The van der Waals surface area contributed by atoms with Gasteiger partial charge in [-0.2, -0.15) is 0 Å². The van der Waals surface area contributed by atoms with Crippen molar-refractivity contribution in [2.24, 2.45) is 11.3 Å².